The number of fused-ring (bicyclic) bond motifs is 7. The first kappa shape index (κ1) is 85.6. The van der Waals surface area contributed by atoms with Crippen LogP contribution in [0, 0.1) is 6.92 Å². The smallest absolute Gasteiger partial charge is 0.425 e. The van der Waals surface area contributed by atoms with Gasteiger partial charge in [-0.2, -0.15) is 0 Å². The van der Waals surface area contributed by atoms with E-state index in [2.05, 4.69) is 60.7 Å². The highest BCUT2D eigenvalue weighted by molar-refractivity contribution is 7.59. The molecule has 0 fully saturated rings. The van der Waals surface area contributed by atoms with Crippen LogP contribution in [0.2, 0.25) is 4.34 Å². The van der Waals surface area contributed by atoms with Gasteiger partial charge in [-0.15, -0.1) is 12.6 Å². The first-order valence-electron chi connectivity index (χ1n) is 33.2. The molecular weight excluding hydrogens is 1660 g/mol. The molecule has 0 aliphatic rings. The van der Waals surface area contributed by atoms with Gasteiger partial charge >= 0.3 is 10.6 Å². The number of nitrogens with zero attached hydrogens (tertiary/aromatic N) is 3. The third-order valence-corrected chi connectivity index (χ3v) is 23.6. The number of phenolic OH excluding ortho intramolecular Hbond substituents is 1. The summed E-state index contributed by atoms with van der Waals surface area (Å²) in [6.07, 6.45) is -0.0914. The van der Waals surface area contributed by atoms with Gasteiger partial charge in [0.25, 0.3) is 50.0 Å². The van der Waals surface area contributed by atoms with Crippen molar-refractivity contribution in [2.45, 2.75) is 26.9 Å². The van der Waals surface area contributed by atoms with Gasteiger partial charge in [0.15, 0.2) is 0 Å². The number of hydrogen-bond donors (Lipinski definition) is 10. The van der Waals surface area contributed by atoms with Crippen LogP contribution in [0.25, 0.3) is 81.7 Å². The lowest BCUT2D eigenvalue weighted by atomic mass is 10.0. The standard InChI is InChI=1S/C14H11NO2S.C13H9NOS.C11H14N2OS.C8H6N2O2S.C8H7NOS.C7H5NO2S.C7H5NOS.C4H4ClNOS.C4H5NOS.O3S/c16-13(9-4-2-1-3-5-9)10-6-7-12-11(8-10)14(17)15-18-12;15-13-11-8-10(6-7-12(11)16-14-13)9-4-2-1-3-5-9;1-3-13(4-2)8-5-6-9-10(7-8)15-12-11(9)14;11-4-9-5-1-2-6-7(3-5)13-10-8(6)12;1-5-2-3-7-6(4-5)8(10)9-11-7;9-4-1-2-5-6(3-4)11-8-7(5)10;9-7-5-3-1-2-4-6(5)10-8-7;1-6-4(7)2-3(5)8-6;1-5-4(6)2-3-7-5;1-4(2)3/h1-8,13,16H,(H,15,17);1-8H,(H,14,15);5-7H,3-4H2,1-2H3,(H,12,14);1-4H,(H,9,11)(H,10,12);2-4H,1H3,(H,9,10);1-3,9H,(H,8,10);1-4H,(H,8,9);2H,1H3;2-3H,1H3;. The summed E-state index contributed by atoms with van der Waals surface area (Å²) in [5, 5.41) is 28.6. The number of aryl methyl sites for hydroxylation is 3. The zero-order chi connectivity index (χ0) is 81.3. The molecule has 0 aliphatic carbocycles. The second-order valence-electron chi connectivity index (χ2n) is 23.2. The highest BCUT2D eigenvalue weighted by Gasteiger charge is 2.13. The molecule has 26 nitrogen and oxygen atoms in total. The number of anilines is 2. The van der Waals surface area contributed by atoms with E-state index in [-0.39, 0.29) is 55.8 Å². The first-order valence-corrected chi connectivity index (χ1v) is 41.9. The SMILES string of the molecule is CCN(CC)c1ccc2c(=O)[nH]sc2c1.Cc1ccc2s[nH]c(=O)c2c1.Cn1sc(Cl)cc1=O.Cn1sccc1=O.O=CNc1ccc2c(=O)[nH]sc2c1.O=S(=O)=O.O=c1[nH]sc2cc(O)ccc12.O=c1[nH]sc2ccc(-c3ccccc3)cc12.O=c1[nH]sc2ccc(C(O)c3ccccc3)cc12.O=c1[nH]sc2ccccc12. The number of H-pyrrole nitrogens is 7. The highest BCUT2D eigenvalue weighted by atomic mass is 35.5. The number of rotatable bonds is 8. The summed E-state index contributed by atoms with van der Waals surface area (Å²) in [6.45, 7) is 8.22. The fourth-order valence-electron chi connectivity index (χ4n) is 10.2. The zero-order valence-corrected chi connectivity index (χ0v) is 68.7. The summed E-state index contributed by atoms with van der Waals surface area (Å²) in [5.74, 6) is 0.188. The summed E-state index contributed by atoms with van der Waals surface area (Å²) < 4.78 is 54.3. The number of aromatic amines is 7. The molecule has 1 amide bonds. The van der Waals surface area contributed by atoms with Gasteiger partial charge < -0.3 is 20.4 Å². The van der Waals surface area contributed by atoms with Crippen LogP contribution in [0.15, 0.2) is 255 Å². The summed E-state index contributed by atoms with van der Waals surface area (Å²) in [4.78, 5) is 112. The number of aliphatic hydroxyl groups is 1. The van der Waals surface area contributed by atoms with Gasteiger partial charge in [0.05, 0.1) is 70.6 Å². The van der Waals surface area contributed by atoms with E-state index >= 15 is 0 Å². The van der Waals surface area contributed by atoms with Crippen LogP contribution in [0.5, 0.6) is 5.75 Å². The van der Waals surface area contributed by atoms with Gasteiger partial charge in [-0.25, -0.2) is 0 Å². The molecule has 0 aliphatic heterocycles. The van der Waals surface area contributed by atoms with E-state index in [1.807, 2.05) is 153 Å². The minimum absolute atomic E-state index is 0.00205. The van der Waals surface area contributed by atoms with Crippen LogP contribution in [0.1, 0.15) is 36.6 Å². The van der Waals surface area contributed by atoms with Gasteiger partial charge in [-0.05, 0) is 158 Å². The van der Waals surface area contributed by atoms with Crippen molar-refractivity contribution in [1.82, 2.24) is 38.5 Å². The maximum absolute atomic E-state index is 11.6. The Morgan fingerprint density at radius 1 is 0.442 bits per heavy atom. The lowest BCUT2D eigenvalue weighted by Crippen LogP contribution is -2.21. The molecule has 0 saturated carbocycles. The third kappa shape index (κ3) is 24.1. The molecule has 113 heavy (non-hydrogen) atoms. The molecule has 18 aromatic rings. The molecule has 9 heterocycles. The van der Waals surface area contributed by atoms with Crippen LogP contribution in [0.3, 0.4) is 0 Å². The van der Waals surface area contributed by atoms with Crippen LogP contribution in [-0.4, -0.2) is 80.9 Å². The van der Waals surface area contributed by atoms with E-state index in [9.17, 15) is 53.1 Å². The number of aromatic hydroxyl groups is 1. The molecule has 1 atom stereocenters. The van der Waals surface area contributed by atoms with Crippen molar-refractivity contribution in [3.8, 4) is 16.9 Å². The number of halogens is 1. The number of amides is 1. The number of carbonyl (C=O) groups excluding carboxylic acids is 1. The molecule has 582 valence electrons. The predicted octanol–water partition coefficient (Wildman–Crippen LogP) is 14.8. The van der Waals surface area contributed by atoms with Crippen molar-refractivity contribution in [3.63, 3.8) is 0 Å². The number of benzene rings is 9. The minimum atomic E-state index is -3.11. The van der Waals surface area contributed by atoms with Crippen LogP contribution in [0.4, 0.5) is 11.4 Å². The Labute approximate surface area is 681 Å². The second-order valence-corrected chi connectivity index (χ2v) is 32.4. The van der Waals surface area contributed by atoms with Crippen molar-refractivity contribution in [2.24, 2.45) is 14.1 Å². The Morgan fingerprint density at radius 2 is 0.885 bits per heavy atom. The lowest BCUT2D eigenvalue weighted by molar-refractivity contribution is -0.105. The Balaban J connectivity index is 0.000000147. The monoisotopic (exact) mass is 1730 g/mol. The molecule has 0 bridgehead atoms. The molecule has 0 saturated heterocycles. The summed E-state index contributed by atoms with van der Waals surface area (Å²) in [7, 11) is 0.311. The van der Waals surface area contributed by atoms with E-state index in [1.54, 1.807) is 65.9 Å². The van der Waals surface area contributed by atoms with E-state index in [4.69, 9.17) is 29.3 Å². The molecule has 9 aromatic heterocycles. The van der Waals surface area contributed by atoms with Crippen molar-refractivity contribution < 1.29 is 27.6 Å². The molecule has 1 unspecified atom stereocenters. The molecule has 10 N–H and O–H groups in total. The average molecular weight is 1730 g/mol. The summed E-state index contributed by atoms with van der Waals surface area (Å²) in [6, 6.07) is 63.1. The van der Waals surface area contributed by atoms with Crippen LogP contribution < -0.4 is 60.3 Å². The predicted molar refractivity (Wildman–Crippen MR) is 467 cm³/mol. The highest BCUT2D eigenvalue weighted by Crippen LogP contribution is 2.28. The lowest BCUT2D eigenvalue weighted by Gasteiger charge is -2.20. The number of carbonyl (C=O) groups is 1. The van der Waals surface area contributed by atoms with Crippen molar-refractivity contribution >= 4 is 214 Å². The number of phenols is 1. The Morgan fingerprint density at radius 3 is 1.36 bits per heavy atom. The maximum Gasteiger partial charge on any atom is 0.425 e. The Hall–Kier alpha value is -11.4. The van der Waals surface area contributed by atoms with E-state index in [0.29, 0.717) is 32.6 Å². The summed E-state index contributed by atoms with van der Waals surface area (Å²) >= 11 is 17.5. The van der Waals surface area contributed by atoms with Gasteiger partial charge in [-0.3, -0.25) is 86.5 Å². The van der Waals surface area contributed by atoms with Crippen LogP contribution in [-0.2, 0) is 29.5 Å². The minimum Gasteiger partial charge on any atom is -0.508 e. The molecule has 18 rings (SSSR count). The normalized spacial score (nSPS) is 10.6. The molecule has 37 heteroatoms. The van der Waals surface area contributed by atoms with Crippen molar-refractivity contribution in [3.05, 3.63) is 326 Å². The Kier molecular flexibility index (Phi) is 31.6. The third-order valence-electron chi connectivity index (χ3n) is 15.8. The molecule has 0 spiro atoms. The Bertz CT molecular complexity index is 6880. The summed E-state index contributed by atoms with van der Waals surface area (Å²) in [5.41, 5.74) is 6.58. The topological polar surface area (TPSA) is 398 Å². The van der Waals surface area contributed by atoms with E-state index < -0.39 is 16.7 Å². The maximum atomic E-state index is 11.6. The van der Waals surface area contributed by atoms with Gasteiger partial charge in [0, 0.05) is 56.1 Å². The fourth-order valence-corrected chi connectivity index (χ4v) is 16.8. The molecule has 0 radical (unpaired) electrons. The van der Waals surface area contributed by atoms with Gasteiger partial charge in [0.1, 0.15) is 16.2 Å². The van der Waals surface area contributed by atoms with E-state index in [0.717, 1.165) is 95.4 Å². The number of aromatic nitrogens is 9. The van der Waals surface area contributed by atoms with Crippen molar-refractivity contribution in [1.29, 1.82) is 0 Å². The number of nitrogens with one attached hydrogen (secondary N) is 8. The largest absolute Gasteiger partial charge is 0.508 e. The molecule has 9 aromatic carbocycles. The van der Waals surface area contributed by atoms with Crippen LogP contribution >= 0.6 is 115 Å². The van der Waals surface area contributed by atoms with E-state index in [1.165, 1.54) is 126 Å². The average Bonchev–Trinajstić information content (AvgIpc) is 1.73. The fraction of sp³-hybridized carbons (Fsp3) is 0.105. The van der Waals surface area contributed by atoms with Gasteiger partial charge in [0.2, 0.25) is 6.41 Å². The van der Waals surface area contributed by atoms with Crippen molar-refractivity contribution in [2.75, 3.05) is 23.3 Å². The number of aliphatic hydroxyl groups excluding tert-OH is 1. The van der Waals surface area contributed by atoms with Gasteiger partial charge in [-0.1, -0.05) is 200 Å². The first-order chi connectivity index (χ1) is 54.3. The molecular formula is C76H66ClN11O15S10. The quantitative estimate of drug-likeness (QED) is 0.0632. The second kappa shape index (κ2) is 41.8. The zero-order valence-electron chi connectivity index (χ0n) is 59.8. The number of hydrogen-bond acceptors (Lipinski definition) is 25.